The van der Waals surface area contributed by atoms with Crippen molar-refractivity contribution >= 4 is 44.8 Å². The number of benzene rings is 1. The van der Waals surface area contributed by atoms with Gasteiger partial charge >= 0.3 is 12.1 Å². The van der Waals surface area contributed by atoms with E-state index in [0.717, 1.165) is 0 Å². The smallest absolute Gasteiger partial charge is 0.366 e. The molecule has 4 aliphatic rings. The summed E-state index contributed by atoms with van der Waals surface area (Å²) in [6.07, 6.45) is -8.64. The molecule has 0 unspecified atom stereocenters. The second kappa shape index (κ2) is 10.5. The Kier molecular flexibility index (Phi) is 8.29. The minimum absolute atomic E-state index is 0.148. The second-order valence-electron chi connectivity index (χ2n) is 12.3. The van der Waals surface area contributed by atoms with Crippen molar-refractivity contribution in [2.24, 2.45) is 10.4 Å². The normalized spacial score (nSPS) is 27.3. The Morgan fingerprint density at radius 2 is 1.64 bits per heavy atom. The van der Waals surface area contributed by atoms with Gasteiger partial charge in [-0.2, -0.15) is 26.3 Å². The largest absolute Gasteiger partial charge is 0.453 e. The zero-order valence-electron chi connectivity index (χ0n) is 22.9. The van der Waals surface area contributed by atoms with Gasteiger partial charge in [-0.25, -0.2) is 17.2 Å². The SMILES string of the molecule is CC(F)(F)CCS(=O)(=O)N(Cc1ccc(Cl)c(Cl)c1)C12CC(C3=N[C@@H](C(=O)CCC(F)(F)C(F)(F)F)C(C)(C)N3)(C1)C2. The Hall–Kier alpha value is -1.64. The molecule has 1 atom stereocenters. The molecule has 1 aromatic rings. The highest BCUT2D eigenvalue weighted by Gasteiger charge is 2.75. The lowest BCUT2D eigenvalue weighted by Gasteiger charge is -2.73. The summed E-state index contributed by atoms with van der Waals surface area (Å²) in [7, 11) is -4.19. The number of hydrogen-bond donors (Lipinski definition) is 1. The molecule has 0 saturated heterocycles. The van der Waals surface area contributed by atoms with E-state index >= 15 is 0 Å². The van der Waals surface area contributed by atoms with Gasteiger partial charge < -0.3 is 5.32 Å². The Bertz CT molecular complexity index is 1370. The number of sulfonamides is 1. The Balaban J connectivity index is 1.52. The lowest BCUT2D eigenvalue weighted by atomic mass is 9.38. The molecule has 0 spiro atoms. The van der Waals surface area contributed by atoms with Gasteiger partial charge in [0.25, 0.3) is 0 Å². The maximum Gasteiger partial charge on any atom is 0.453 e. The van der Waals surface area contributed by atoms with Crippen LogP contribution in [0.25, 0.3) is 0 Å². The number of ketones is 1. The van der Waals surface area contributed by atoms with Gasteiger partial charge in [0.1, 0.15) is 11.9 Å². The van der Waals surface area contributed by atoms with Gasteiger partial charge in [0.05, 0.1) is 21.3 Å². The van der Waals surface area contributed by atoms with Crippen LogP contribution in [0.5, 0.6) is 0 Å². The topological polar surface area (TPSA) is 78.8 Å². The summed E-state index contributed by atoms with van der Waals surface area (Å²) < 4.78 is 120. The highest BCUT2D eigenvalue weighted by atomic mass is 35.5. The van der Waals surface area contributed by atoms with E-state index in [1.54, 1.807) is 19.9 Å². The van der Waals surface area contributed by atoms with Gasteiger partial charge in [0, 0.05) is 36.8 Å². The highest BCUT2D eigenvalue weighted by molar-refractivity contribution is 7.89. The fraction of sp³-hybridized carbons (Fsp3) is 0.692. The van der Waals surface area contributed by atoms with Gasteiger partial charge in [0.15, 0.2) is 5.78 Å². The molecule has 1 aliphatic heterocycles. The molecule has 0 radical (unpaired) electrons. The molecule has 5 rings (SSSR count). The number of halogens is 9. The molecule has 6 nitrogen and oxygen atoms in total. The van der Waals surface area contributed by atoms with Gasteiger partial charge in [-0.3, -0.25) is 9.79 Å². The van der Waals surface area contributed by atoms with Crippen molar-refractivity contribution < 1.29 is 43.9 Å². The minimum atomic E-state index is -5.78. The number of carbonyl (C=O) groups is 1. The van der Waals surface area contributed by atoms with Crippen molar-refractivity contribution in [2.75, 3.05) is 5.75 Å². The van der Waals surface area contributed by atoms with Crippen LogP contribution >= 0.6 is 23.2 Å². The summed E-state index contributed by atoms with van der Waals surface area (Å²) in [5.74, 6) is -9.55. The van der Waals surface area contributed by atoms with Crippen molar-refractivity contribution in [1.82, 2.24) is 9.62 Å². The van der Waals surface area contributed by atoms with Crippen LogP contribution < -0.4 is 5.32 Å². The number of hydrogen-bond acceptors (Lipinski definition) is 5. The molecule has 0 aromatic heterocycles. The first-order chi connectivity index (χ1) is 18.9. The fourth-order valence-corrected chi connectivity index (χ4v) is 8.32. The zero-order chi connectivity index (χ0) is 31.7. The summed E-state index contributed by atoms with van der Waals surface area (Å²) in [6, 6.07) is 3.35. The number of nitrogens with one attached hydrogen (secondary N) is 1. The molecule has 16 heteroatoms. The second-order valence-corrected chi connectivity index (χ2v) is 15.1. The van der Waals surface area contributed by atoms with Crippen LogP contribution in [0.2, 0.25) is 10.0 Å². The number of nitrogens with zero attached hydrogens (tertiary/aromatic N) is 2. The van der Waals surface area contributed by atoms with Crippen LogP contribution in [0.3, 0.4) is 0 Å². The van der Waals surface area contributed by atoms with Gasteiger partial charge in [-0.15, -0.1) is 0 Å². The minimum Gasteiger partial charge on any atom is -0.366 e. The predicted molar refractivity (Wildman–Crippen MR) is 144 cm³/mol. The van der Waals surface area contributed by atoms with E-state index in [9.17, 15) is 43.9 Å². The molecule has 236 valence electrons. The van der Waals surface area contributed by atoms with Crippen LogP contribution in [0.15, 0.2) is 23.2 Å². The first-order valence-electron chi connectivity index (χ1n) is 13.1. The van der Waals surface area contributed by atoms with E-state index in [1.165, 1.54) is 16.4 Å². The van der Waals surface area contributed by atoms with Gasteiger partial charge in [0.2, 0.25) is 15.9 Å². The number of Topliss-reactive ketones (excluding diaryl/α,β-unsaturated/α-hetero) is 1. The fourth-order valence-electron chi connectivity index (χ4n) is 6.03. The molecule has 3 saturated carbocycles. The Morgan fingerprint density at radius 3 is 2.17 bits per heavy atom. The maximum atomic E-state index is 13.6. The van der Waals surface area contributed by atoms with Crippen molar-refractivity contribution in [3.05, 3.63) is 33.8 Å². The highest BCUT2D eigenvalue weighted by Crippen LogP contribution is 2.71. The van der Waals surface area contributed by atoms with Crippen molar-refractivity contribution in [2.45, 2.75) is 101 Å². The van der Waals surface area contributed by atoms with Crippen LogP contribution in [0.1, 0.15) is 64.9 Å². The van der Waals surface area contributed by atoms with E-state index in [0.29, 0.717) is 18.3 Å². The van der Waals surface area contributed by atoms with Crippen molar-refractivity contribution in [3.63, 3.8) is 0 Å². The molecule has 3 fully saturated rings. The van der Waals surface area contributed by atoms with Crippen molar-refractivity contribution in [3.8, 4) is 0 Å². The zero-order valence-corrected chi connectivity index (χ0v) is 25.2. The first kappa shape index (κ1) is 33.3. The standard InChI is InChI=1S/C26H30Cl2F7N3O3S/c1-21(2)19(18(39)6-7-25(31,32)26(33,34)35)36-20(37-21)23-12-24(13-23,14-23)38(42(40,41)9-8-22(3,29)30)11-15-4-5-16(27)17(28)10-15/h4-5,10,19H,6-9,11-14H2,1-3H3,(H,36,37)/t19-,23?,24?/m0/s1. The van der Waals surface area contributed by atoms with Crippen molar-refractivity contribution in [1.29, 1.82) is 0 Å². The molecule has 1 N–H and O–H groups in total. The molecule has 2 bridgehead atoms. The van der Waals surface area contributed by atoms with E-state index in [1.807, 2.05) is 0 Å². The molecule has 42 heavy (non-hydrogen) atoms. The summed E-state index contributed by atoms with van der Waals surface area (Å²) in [6.45, 7) is 3.63. The van der Waals surface area contributed by atoms with Gasteiger partial charge in [-0.1, -0.05) is 29.3 Å². The third kappa shape index (κ3) is 6.28. The monoisotopic (exact) mass is 667 g/mol. The number of aliphatic imine (C=N–C) groups is 1. The Morgan fingerprint density at radius 1 is 1.05 bits per heavy atom. The third-order valence-corrected chi connectivity index (χ3v) is 10.9. The average Bonchev–Trinajstić information content (AvgIpc) is 3.10. The van der Waals surface area contributed by atoms with Gasteiger partial charge in [-0.05, 0) is 57.7 Å². The molecular weight excluding hydrogens is 638 g/mol. The summed E-state index contributed by atoms with van der Waals surface area (Å²) in [5, 5.41) is 3.54. The lowest BCUT2D eigenvalue weighted by Crippen LogP contribution is -2.78. The van der Waals surface area contributed by atoms with Crippen LogP contribution in [-0.4, -0.2) is 65.2 Å². The molecule has 1 aromatic carbocycles. The summed E-state index contributed by atoms with van der Waals surface area (Å²) in [4.78, 5) is 17.1. The molecule has 0 amide bonds. The van der Waals surface area contributed by atoms with E-state index in [-0.39, 0.29) is 35.9 Å². The van der Waals surface area contributed by atoms with E-state index < -0.39 is 81.4 Å². The number of alkyl halides is 7. The number of carbonyl (C=O) groups excluding carboxylic acids is 1. The predicted octanol–water partition coefficient (Wildman–Crippen LogP) is 6.79. The molecule has 3 aliphatic carbocycles. The Labute approximate surface area is 249 Å². The summed E-state index contributed by atoms with van der Waals surface area (Å²) in [5.41, 5.74) is -2.18. The van der Waals surface area contributed by atoms with Crippen LogP contribution in [0.4, 0.5) is 30.7 Å². The average molecular weight is 669 g/mol. The van der Waals surface area contributed by atoms with Crippen LogP contribution in [0, 0.1) is 5.41 Å². The number of rotatable bonds is 12. The third-order valence-electron chi connectivity index (χ3n) is 8.27. The quantitative estimate of drug-likeness (QED) is 0.249. The van der Waals surface area contributed by atoms with Crippen LogP contribution in [-0.2, 0) is 21.4 Å². The summed E-state index contributed by atoms with van der Waals surface area (Å²) >= 11 is 12.1. The maximum absolute atomic E-state index is 13.6. The lowest BCUT2D eigenvalue weighted by molar-refractivity contribution is -0.284. The molecule has 1 heterocycles. The molecular formula is C26H30Cl2F7N3O3S. The van der Waals surface area contributed by atoms with E-state index in [4.69, 9.17) is 23.2 Å². The first-order valence-corrected chi connectivity index (χ1v) is 15.4. The number of amidine groups is 1. The van der Waals surface area contributed by atoms with E-state index in [2.05, 4.69) is 10.3 Å².